The summed E-state index contributed by atoms with van der Waals surface area (Å²) < 4.78 is 11.2. The van der Waals surface area contributed by atoms with Crippen LogP contribution < -0.4 is 0 Å². The van der Waals surface area contributed by atoms with Crippen LogP contribution in [0.1, 0.15) is 47.5 Å². The molecule has 2 saturated heterocycles. The summed E-state index contributed by atoms with van der Waals surface area (Å²) in [5, 5.41) is 0. The highest BCUT2D eigenvalue weighted by Gasteiger charge is 2.39. The molecule has 2 aliphatic heterocycles. The van der Waals surface area contributed by atoms with E-state index in [4.69, 9.17) is 9.47 Å². The topological polar surface area (TPSA) is 18.5 Å². The van der Waals surface area contributed by atoms with Crippen molar-refractivity contribution < 1.29 is 9.47 Å². The highest BCUT2D eigenvalue weighted by molar-refractivity contribution is 4.87. The maximum Gasteiger partial charge on any atom is 0.0521 e. The molecule has 0 aliphatic carbocycles. The van der Waals surface area contributed by atoms with E-state index in [0.717, 1.165) is 38.3 Å². The lowest BCUT2D eigenvalue weighted by Gasteiger charge is -2.44. The van der Waals surface area contributed by atoms with Crippen LogP contribution in [0.3, 0.4) is 0 Å². The van der Waals surface area contributed by atoms with E-state index in [1.807, 2.05) is 0 Å². The Morgan fingerprint density at radius 1 is 0.833 bits per heavy atom. The zero-order valence-electron chi connectivity index (χ0n) is 12.8. The van der Waals surface area contributed by atoms with Crippen molar-refractivity contribution in [2.45, 2.75) is 47.5 Å². The smallest absolute Gasteiger partial charge is 0.0521 e. The monoisotopic (exact) mass is 254 g/mol. The summed E-state index contributed by atoms with van der Waals surface area (Å²) in [6, 6.07) is 0. The molecule has 0 bridgehead atoms. The summed E-state index contributed by atoms with van der Waals surface area (Å²) in [6.07, 6.45) is 2.62. The van der Waals surface area contributed by atoms with Gasteiger partial charge in [0.2, 0.25) is 0 Å². The van der Waals surface area contributed by atoms with Crippen LogP contribution >= 0.6 is 0 Å². The Balaban J connectivity index is 1.89. The van der Waals surface area contributed by atoms with Gasteiger partial charge in [-0.3, -0.25) is 0 Å². The van der Waals surface area contributed by atoms with Crippen molar-refractivity contribution in [1.29, 1.82) is 0 Å². The van der Waals surface area contributed by atoms with Crippen LogP contribution in [-0.4, -0.2) is 26.4 Å². The van der Waals surface area contributed by atoms with Crippen LogP contribution in [0.15, 0.2) is 0 Å². The van der Waals surface area contributed by atoms with Gasteiger partial charge in [-0.1, -0.05) is 34.6 Å². The SMILES string of the molecule is CC(C)(C)C1COCC(CC(C)(C)C2COC2)C1. The Hall–Kier alpha value is -0.0800. The quantitative estimate of drug-likeness (QED) is 0.763. The number of hydrogen-bond acceptors (Lipinski definition) is 2. The van der Waals surface area contributed by atoms with Gasteiger partial charge >= 0.3 is 0 Å². The Labute approximate surface area is 112 Å². The lowest BCUT2D eigenvalue weighted by Crippen LogP contribution is -2.43. The van der Waals surface area contributed by atoms with Crippen LogP contribution in [0.2, 0.25) is 0 Å². The first-order valence-electron chi connectivity index (χ1n) is 7.44. The molecule has 2 heteroatoms. The van der Waals surface area contributed by atoms with Gasteiger partial charge in [0.1, 0.15) is 0 Å². The molecule has 2 unspecified atom stereocenters. The van der Waals surface area contributed by atoms with Gasteiger partial charge in [0.05, 0.1) is 13.2 Å². The van der Waals surface area contributed by atoms with Crippen molar-refractivity contribution in [3.05, 3.63) is 0 Å². The molecule has 0 aromatic carbocycles. The lowest BCUT2D eigenvalue weighted by molar-refractivity contribution is -0.106. The van der Waals surface area contributed by atoms with Crippen molar-refractivity contribution in [3.63, 3.8) is 0 Å². The van der Waals surface area contributed by atoms with E-state index in [1.165, 1.54) is 12.8 Å². The van der Waals surface area contributed by atoms with E-state index in [0.29, 0.717) is 16.7 Å². The van der Waals surface area contributed by atoms with Crippen molar-refractivity contribution in [2.75, 3.05) is 26.4 Å². The molecular weight excluding hydrogens is 224 g/mol. The Morgan fingerprint density at radius 3 is 1.89 bits per heavy atom. The standard InChI is InChI=1S/C16H30O2/c1-15(2,3)13-6-12(8-17-9-13)7-16(4,5)14-10-18-11-14/h12-14H,6-11H2,1-5H3. The normalized spacial score (nSPS) is 31.2. The fourth-order valence-corrected chi connectivity index (χ4v) is 3.26. The molecule has 0 saturated carbocycles. The van der Waals surface area contributed by atoms with Crippen molar-refractivity contribution >= 4 is 0 Å². The zero-order valence-corrected chi connectivity index (χ0v) is 12.8. The Morgan fingerprint density at radius 2 is 1.39 bits per heavy atom. The highest BCUT2D eigenvalue weighted by atomic mass is 16.5. The summed E-state index contributed by atoms with van der Waals surface area (Å²) in [5.41, 5.74) is 0.786. The van der Waals surface area contributed by atoms with Gasteiger partial charge in [-0.2, -0.15) is 0 Å². The summed E-state index contributed by atoms with van der Waals surface area (Å²) >= 11 is 0. The predicted molar refractivity (Wildman–Crippen MR) is 74.6 cm³/mol. The van der Waals surface area contributed by atoms with Gasteiger partial charge < -0.3 is 9.47 Å². The van der Waals surface area contributed by atoms with Crippen molar-refractivity contribution in [1.82, 2.24) is 0 Å². The fourth-order valence-electron chi connectivity index (χ4n) is 3.26. The highest BCUT2D eigenvalue weighted by Crippen LogP contribution is 2.43. The minimum atomic E-state index is 0.377. The van der Waals surface area contributed by atoms with Gasteiger partial charge in [-0.25, -0.2) is 0 Å². The molecule has 2 rings (SSSR count). The number of hydrogen-bond donors (Lipinski definition) is 0. The third-order valence-corrected chi connectivity index (χ3v) is 5.07. The molecule has 18 heavy (non-hydrogen) atoms. The average Bonchev–Trinajstić information content (AvgIpc) is 2.11. The second-order valence-electron chi connectivity index (χ2n) is 8.13. The molecule has 0 N–H and O–H groups in total. The molecule has 0 aromatic heterocycles. The summed E-state index contributed by atoms with van der Waals surface area (Å²) in [5.74, 6) is 2.20. The molecule has 0 amide bonds. The molecule has 2 fully saturated rings. The first kappa shape index (κ1) is 14.3. The summed E-state index contributed by atoms with van der Waals surface area (Å²) in [6.45, 7) is 15.7. The van der Waals surface area contributed by atoms with Crippen LogP contribution in [0.25, 0.3) is 0 Å². The maximum absolute atomic E-state index is 5.87. The zero-order chi connectivity index (χ0) is 13.4. The first-order valence-corrected chi connectivity index (χ1v) is 7.44. The van der Waals surface area contributed by atoms with Gasteiger partial charge in [0.25, 0.3) is 0 Å². The number of ether oxygens (including phenoxy) is 2. The molecule has 106 valence electrons. The van der Waals surface area contributed by atoms with Crippen LogP contribution in [0.5, 0.6) is 0 Å². The molecule has 0 radical (unpaired) electrons. The van der Waals surface area contributed by atoms with Crippen LogP contribution in [0, 0.1) is 28.6 Å². The molecule has 2 aliphatic rings. The molecule has 2 heterocycles. The first-order chi connectivity index (χ1) is 8.29. The van der Waals surface area contributed by atoms with Crippen molar-refractivity contribution in [2.24, 2.45) is 28.6 Å². The fraction of sp³-hybridized carbons (Fsp3) is 1.00. The number of rotatable bonds is 3. The summed E-state index contributed by atoms with van der Waals surface area (Å²) in [4.78, 5) is 0. The van der Waals surface area contributed by atoms with E-state index in [1.54, 1.807) is 0 Å². The minimum Gasteiger partial charge on any atom is -0.381 e. The third kappa shape index (κ3) is 3.27. The van der Waals surface area contributed by atoms with E-state index >= 15 is 0 Å². The summed E-state index contributed by atoms with van der Waals surface area (Å²) in [7, 11) is 0. The van der Waals surface area contributed by atoms with Crippen LogP contribution in [-0.2, 0) is 9.47 Å². The predicted octanol–water partition coefficient (Wildman–Crippen LogP) is 3.75. The lowest BCUT2D eigenvalue weighted by atomic mass is 9.68. The molecule has 0 aromatic rings. The van der Waals surface area contributed by atoms with E-state index in [9.17, 15) is 0 Å². The van der Waals surface area contributed by atoms with E-state index in [-0.39, 0.29) is 0 Å². The molecule has 2 atom stereocenters. The van der Waals surface area contributed by atoms with Gasteiger partial charge in [0, 0.05) is 19.1 Å². The van der Waals surface area contributed by atoms with E-state index in [2.05, 4.69) is 34.6 Å². The second-order valence-corrected chi connectivity index (χ2v) is 8.13. The largest absolute Gasteiger partial charge is 0.381 e. The Kier molecular flexibility index (Phi) is 4.08. The van der Waals surface area contributed by atoms with Gasteiger partial charge in [-0.15, -0.1) is 0 Å². The average molecular weight is 254 g/mol. The molecule has 2 nitrogen and oxygen atoms in total. The van der Waals surface area contributed by atoms with Gasteiger partial charge in [-0.05, 0) is 35.5 Å². The van der Waals surface area contributed by atoms with Gasteiger partial charge in [0.15, 0.2) is 0 Å². The maximum atomic E-state index is 5.87. The minimum absolute atomic E-state index is 0.377. The van der Waals surface area contributed by atoms with Crippen LogP contribution in [0.4, 0.5) is 0 Å². The molecular formula is C16H30O2. The third-order valence-electron chi connectivity index (χ3n) is 5.07. The molecule has 0 spiro atoms. The van der Waals surface area contributed by atoms with Crippen molar-refractivity contribution in [3.8, 4) is 0 Å². The van der Waals surface area contributed by atoms with E-state index < -0.39 is 0 Å². The Bertz CT molecular complexity index is 273. The second kappa shape index (κ2) is 5.13.